The Morgan fingerprint density at radius 2 is 1.61 bits per heavy atom. The fourth-order valence-corrected chi connectivity index (χ4v) is 4.43. The van der Waals surface area contributed by atoms with Crippen LogP contribution in [0.3, 0.4) is 0 Å². The molecule has 4 heteroatoms. The van der Waals surface area contributed by atoms with Crippen LogP contribution in [0.15, 0.2) is 60.7 Å². The maximum Gasteiger partial charge on any atom is 0.274 e. The highest BCUT2D eigenvalue weighted by Crippen LogP contribution is 2.32. The highest BCUT2D eigenvalue weighted by molar-refractivity contribution is 7.15. The fraction of sp³-hybridized carbons (Fsp3) is 0.333. The van der Waals surface area contributed by atoms with E-state index in [-0.39, 0.29) is 11.9 Å². The monoisotopic (exact) mass is 392 g/mol. The summed E-state index contributed by atoms with van der Waals surface area (Å²) in [7, 11) is 0. The van der Waals surface area contributed by atoms with E-state index in [9.17, 15) is 4.79 Å². The van der Waals surface area contributed by atoms with Gasteiger partial charge in [-0.15, -0.1) is 11.3 Å². The second-order valence-electron chi connectivity index (χ2n) is 7.67. The minimum absolute atomic E-state index is 0.0141. The molecule has 2 aromatic carbocycles. The molecule has 0 saturated carbocycles. The molecule has 1 amide bonds. The van der Waals surface area contributed by atoms with Crippen molar-refractivity contribution in [3.8, 4) is 10.4 Å². The van der Waals surface area contributed by atoms with Gasteiger partial charge in [-0.1, -0.05) is 74.5 Å². The summed E-state index contributed by atoms with van der Waals surface area (Å²) in [6, 6.07) is 20.4. The highest BCUT2D eigenvalue weighted by Gasteiger charge is 2.27. The van der Waals surface area contributed by atoms with E-state index < -0.39 is 0 Å². The average Bonchev–Trinajstić information content (AvgIpc) is 3.08. The molecule has 146 valence electrons. The first-order valence-corrected chi connectivity index (χ1v) is 10.6. The minimum atomic E-state index is 0.0141. The molecule has 3 rings (SSSR count). The maximum atomic E-state index is 13.6. The largest absolute Gasteiger partial charge is 0.330 e. The summed E-state index contributed by atoms with van der Waals surface area (Å²) in [4.78, 5) is 21.2. The van der Waals surface area contributed by atoms with Crippen molar-refractivity contribution >= 4 is 17.2 Å². The summed E-state index contributed by atoms with van der Waals surface area (Å²) in [6.45, 7) is 9.10. The summed E-state index contributed by atoms with van der Waals surface area (Å²) in [5, 5.41) is 0.915. The van der Waals surface area contributed by atoms with Gasteiger partial charge in [0, 0.05) is 12.6 Å². The number of rotatable bonds is 7. The Kier molecular flexibility index (Phi) is 6.63. The molecule has 1 unspecified atom stereocenters. The Morgan fingerprint density at radius 1 is 1.00 bits per heavy atom. The topological polar surface area (TPSA) is 33.2 Å². The summed E-state index contributed by atoms with van der Waals surface area (Å²) in [5.41, 5.74) is 2.76. The lowest BCUT2D eigenvalue weighted by atomic mass is 10.0. The molecular formula is C24H28N2OS. The molecule has 0 aliphatic heterocycles. The van der Waals surface area contributed by atoms with Crippen LogP contribution in [0.4, 0.5) is 0 Å². The highest BCUT2D eigenvalue weighted by atomic mass is 32.1. The number of carbonyl (C=O) groups excluding carboxylic acids is 1. The third-order valence-electron chi connectivity index (χ3n) is 4.77. The van der Waals surface area contributed by atoms with Gasteiger partial charge in [-0.05, 0) is 37.3 Å². The number of aromatic nitrogens is 1. The lowest BCUT2D eigenvalue weighted by Crippen LogP contribution is -2.39. The van der Waals surface area contributed by atoms with Crippen LogP contribution < -0.4 is 0 Å². The standard InChI is InChI=1S/C24H28N2OS/c1-17(2)15-18(3)26(16-20-11-7-5-8-12-20)24(27)22-23(28-19(4)25-22)21-13-9-6-10-14-21/h5-14,17-18H,15-16H2,1-4H3. The van der Waals surface area contributed by atoms with Crippen molar-refractivity contribution in [2.24, 2.45) is 5.92 Å². The molecule has 3 nitrogen and oxygen atoms in total. The van der Waals surface area contributed by atoms with Crippen LogP contribution in [0.2, 0.25) is 0 Å². The zero-order chi connectivity index (χ0) is 20.1. The Labute approximate surface area is 172 Å². The molecule has 3 aromatic rings. The molecule has 1 atom stereocenters. The first kappa shape index (κ1) is 20.3. The summed E-state index contributed by atoms with van der Waals surface area (Å²) >= 11 is 1.59. The predicted molar refractivity (Wildman–Crippen MR) is 118 cm³/mol. The number of aryl methyl sites for hydroxylation is 1. The number of carbonyl (C=O) groups is 1. The van der Waals surface area contributed by atoms with Crippen molar-refractivity contribution in [2.45, 2.75) is 46.7 Å². The Bertz CT molecular complexity index is 903. The van der Waals surface area contributed by atoms with E-state index in [4.69, 9.17) is 0 Å². The van der Waals surface area contributed by atoms with E-state index in [2.05, 4.69) is 37.9 Å². The van der Waals surface area contributed by atoms with Crippen LogP contribution in [-0.4, -0.2) is 21.8 Å². The SMILES string of the molecule is Cc1nc(C(=O)N(Cc2ccccc2)C(C)CC(C)C)c(-c2ccccc2)s1. The van der Waals surface area contributed by atoms with E-state index in [1.54, 1.807) is 11.3 Å². The molecule has 0 bridgehead atoms. The van der Waals surface area contributed by atoms with Crippen LogP contribution >= 0.6 is 11.3 Å². The van der Waals surface area contributed by atoms with Gasteiger partial charge in [0.25, 0.3) is 5.91 Å². The number of hydrogen-bond acceptors (Lipinski definition) is 3. The van der Waals surface area contributed by atoms with Crippen LogP contribution in [0.5, 0.6) is 0 Å². The normalized spacial score (nSPS) is 12.2. The third kappa shape index (κ3) is 4.87. The smallest absolute Gasteiger partial charge is 0.274 e. The van der Waals surface area contributed by atoms with Crippen LogP contribution in [0.25, 0.3) is 10.4 Å². The van der Waals surface area contributed by atoms with Crippen LogP contribution in [0.1, 0.15) is 48.3 Å². The number of benzene rings is 2. The van der Waals surface area contributed by atoms with Crippen molar-refractivity contribution in [1.29, 1.82) is 0 Å². The van der Waals surface area contributed by atoms with Crippen molar-refractivity contribution in [1.82, 2.24) is 9.88 Å². The van der Waals surface area contributed by atoms with Gasteiger partial charge >= 0.3 is 0 Å². The van der Waals surface area contributed by atoms with Gasteiger partial charge in [-0.2, -0.15) is 0 Å². The molecule has 0 aliphatic rings. The van der Waals surface area contributed by atoms with Gasteiger partial charge in [0.2, 0.25) is 0 Å². The van der Waals surface area contributed by atoms with Gasteiger partial charge in [0.15, 0.2) is 0 Å². The quantitative estimate of drug-likeness (QED) is 0.480. The second-order valence-corrected chi connectivity index (χ2v) is 8.88. The van der Waals surface area contributed by atoms with E-state index in [0.717, 1.165) is 27.4 Å². The molecule has 1 heterocycles. The van der Waals surface area contributed by atoms with Crippen molar-refractivity contribution in [3.63, 3.8) is 0 Å². The molecule has 0 radical (unpaired) electrons. The Hall–Kier alpha value is -2.46. The van der Waals surface area contributed by atoms with E-state index in [1.165, 1.54) is 0 Å². The third-order valence-corrected chi connectivity index (χ3v) is 5.79. The lowest BCUT2D eigenvalue weighted by molar-refractivity contribution is 0.0651. The Morgan fingerprint density at radius 3 is 2.21 bits per heavy atom. The van der Waals surface area contributed by atoms with E-state index >= 15 is 0 Å². The van der Waals surface area contributed by atoms with Crippen molar-refractivity contribution in [2.75, 3.05) is 0 Å². The molecule has 0 saturated heterocycles. The summed E-state index contributed by atoms with van der Waals surface area (Å²) in [5.74, 6) is 0.534. The zero-order valence-electron chi connectivity index (χ0n) is 17.1. The number of thiazole rings is 1. The summed E-state index contributed by atoms with van der Waals surface area (Å²) in [6.07, 6.45) is 0.961. The van der Waals surface area contributed by atoms with Crippen LogP contribution in [0, 0.1) is 12.8 Å². The Balaban J connectivity index is 1.97. The maximum absolute atomic E-state index is 13.6. The lowest BCUT2D eigenvalue weighted by Gasteiger charge is -2.30. The molecule has 1 aromatic heterocycles. The van der Waals surface area contributed by atoms with Crippen molar-refractivity contribution < 1.29 is 4.79 Å². The van der Waals surface area contributed by atoms with Gasteiger partial charge in [0.05, 0.1) is 9.88 Å². The van der Waals surface area contributed by atoms with Gasteiger partial charge in [-0.25, -0.2) is 4.98 Å². The van der Waals surface area contributed by atoms with Crippen molar-refractivity contribution in [3.05, 3.63) is 76.9 Å². The summed E-state index contributed by atoms with van der Waals surface area (Å²) < 4.78 is 0. The molecule has 0 fully saturated rings. The molecule has 0 N–H and O–H groups in total. The minimum Gasteiger partial charge on any atom is -0.330 e. The average molecular weight is 393 g/mol. The molecular weight excluding hydrogens is 364 g/mol. The van der Waals surface area contributed by atoms with Gasteiger partial charge in [0.1, 0.15) is 5.69 Å². The number of nitrogens with zero attached hydrogens (tertiary/aromatic N) is 2. The molecule has 0 aliphatic carbocycles. The number of hydrogen-bond donors (Lipinski definition) is 0. The van der Waals surface area contributed by atoms with Gasteiger partial charge in [-0.3, -0.25) is 4.79 Å². The van der Waals surface area contributed by atoms with Gasteiger partial charge < -0.3 is 4.90 Å². The fourth-order valence-electron chi connectivity index (χ4n) is 3.51. The zero-order valence-corrected chi connectivity index (χ0v) is 17.9. The van der Waals surface area contributed by atoms with Crippen LogP contribution in [-0.2, 0) is 6.54 Å². The first-order chi connectivity index (χ1) is 13.5. The molecule has 0 spiro atoms. The van der Waals surface area contributed by atoms with E-state index in [0.29, 0.717) is 18.2 Å². The van der Waals surface area contributed by atoms with E-state index in [1.807, 2.05) is 60.4 Å². The second kappa shape index (κ2) is 9.16. The first-order valence-electron chi connectivity index (χ1n) is 9.83. The number of amides is 1. The predicted octanol–water partition coefficient (Wildman–Crippen LogP) is 6.20. The molecule has 28 heavy (non-hydrogen) atoms.